The van der Waals surface area contributed by atoms with E-state index in [0.717, 1.165) is 6.20 Å². The van der Waals surface area contributed by atoms with E-state index in [9.17, 15) is 13.2 Å². The van der Waals surface area contributed by atoms with Crippen LogP contribution in [0.1, 0.15) is 5.01 Å². The van der Waals surface area contributed by atoms with Crippen LogP contribution in [-0.2, 0) is 6.18 Å². The number of thiazole rings is 1. The maximum atomic E-state index is 12.3. The molecule has 0 N–H and O–H groups in total. The first-order chi connectivity index (χ1) is 7.48. The summed E-state index contributed by atoms with van der Waals surface area (Å²) in [5, 5.41) is -0.725. The molecule has 0 amide bonds. The molecule has 0 bridgehead atoms. The van der Waals surface area contributed by atoms with Gasteiger partial charge in [-0.05, 0) is 0 Å². The molecule has 0 aromatic carbocycles. The first-order valence-corrected chi connectivity index (χ1v) is 5.17. The van der Waals surface area contributed by atoms with Crippen molar-refractivity contribution in [1.29, 1.82) is 0 Å². The number of halogens is 4. The third kappa shape index (κ3) is 2.14. The fourth-order valence-electron chi connectivity index (χ4n) is 1.01. The second-order valence-corrected chi connectivity index (χ2v) is 4.18. The Balaban J connectivity index is 2.44. The van der Waals surface area contributed by atoms with Gasteiger partial charge in [0.1, 0.15) is 12.0 Å². The largest absolute Gasteiger partial charge is 0.443 e. The summed E-state index contributed by atoms with van der Waals surface area (Å²) in [6, 6.07) is 0. The third-order valence-electron chi connectivity index (χ3n) is 1.65. The van der Waals surface area contributed by atoms with E-state index in [1.807, 2.05) is 0 Å². The Kier molecular flexibility index (Phi) is 2.81. The fraction of sp³-hybridized carbons (Fsp3) is 0.125. The molecule has 8 heteroatoms. The number of rotatable bonds is 1. The Bertz CT molecular complexity index is 511. The van der Waals surface area contributed by atoms with E-state index in [1.165, 1.54) is 12.5 Å². The SMILES string of the molecule is FC(F)(F)c1ncc(-c2ncncc2Cl)s1. The molecule has 0 aliphatic rings. The van der Waals surface area contributed by atoms with Gasteiger partial charge in [-0.25, -0.2) is 15.0 Å². The van der Waals surface area contributed by atoms with Crippen molar-refractivity contribution in [3.05, 3.63) is 28.8 Å². The van der Waals surface area contributed by atoms with Crippen LogP contribution in [0.2, 0.25) is 5.02 Å². The molecule has 2 heterocycles. The number of nitrogens with zero attached hydrogens (tertiary/aromatic N) is 3. The number of hydrogen-bond donors (Lipinski definition) is 0. The van der Waals surface area contributed by atoms with Gasteiger partial charge in [-0.1, -0.05) is 11.6 Å². The Hall–Kier alpha value is -1.21. The summed E-state index contributed by atoms with van der Waals surface area (Å²) < 4.78 is 36.9. The van der Waals surface area contributed by atoms with Crippen molar-refractivity contribution in [3.63, 3.8) is 0 Å². The van der Waals surface area contributed by atoms with Crippen LogP contribution >= 0.6 is 22.9 Å². The maximum Gasteiger partial charge on any atom is 0.443 e. The first-order valence-electron chi connectivity index (χ1n) is 3.97. The van der Waals surface area contributed by atoms with Crippen LogP contribution in [-0.4, -0.2) is 15.0 Å². The Morgan fingerprint density at radius 2 is 1.94 bits per heavy atom. The molecule has 84 valence electrons. The number of hydrogen-bond acceptors (Lipinski definition) is 4. The molecule has 2 aromatic rings. The Morgan fingerprint density at radius 3 is 2.50 bits per heavy atom. The molecule has 16 heavy (non-hydrogen) atoms. The molecule has 0 fully saturated rings. The van der Waals surface area contributed by atoms with Crippen molar-refractivity contribution in [2.75, 3.05) is 0 Å². The van der Waals surface area contributed by atoms with Gasteiger partial charge in [0.15, 0.2) is 5.01 Å². The summed E-state index contributed by atoms with van der Waals surface area (Å²) in [6.45, 7) is 0. The van der Waals surface area contributed by atoms with E-state index in [-0.39, 0.29) is 15.6 Å². The van der Waals surface area contributed by atoms with Gasteiger partial charge >= 0.3 is 6.18 Å². The highest BCUT2D eigenvalue weighted by Crippen LogP contribution is 2.37. The zero-order valence-corrected chi connectivity index (χ0v) is 9.07. The van der Waals surface area contributed by atoms with E-state index < -0.39 is 11.2 Å². The normalized spacial score (nSPS) is 11.8. The molecule has 0 aliphatic carbocycles. The van der Waals surface area contributed by atoms with Gasteiger partial charge in [-0.3, -0.25) is 0 Å². The van der Waals surface area contributed by atoms with Gasteiger partial charge in [0.25, 0.3) is 0 Å². The summed E-state index contributed by atoms with van der Waals surface area (Å²) in [4.78, 5) is 11.0. The highest BCUT2D eigenvalue weighted by Gasteiger charge is 2.34. The second kappa shape index (κ2) is 3.99. The maximum absolute atomic E-state index is 12.3. The van der Waals surface area contributed by atoms with E-state index >= 15 is 0 Å². The minimum absolute atomic E-state index is 0.194. The Labute approximate surface area is 97.0 Å². The highest BCUT2D eigenvalue weighted by atomic mass is 35.5. The molecule has 0 spiro atoms. The average molecular weight is 266 g/mol. The molecular formula is C8H3ClF3N3S. The summed E-state index contributed by atoms with van der Waals surface area (Å²) in [5.41, 5.74) is 0.254. The molecule has 0 atom stereocenters. The zero-order chi connectivity index (χ0) is 11.8. The van der Waals surface area contributed by atoms with Crippen LogP contribution in [0.3, 0.4) is 0 Å². The summed E-state index contributed by atoms with van der Waals surface area (Å²) in [7, 11) is 0. The lowest BCUT2D eigenvalue weighted by Crippen LogP contribution is -2.02. The molecule has 0 unspecified atom stereocenters. The number of aromatic nitrogens is 3. The lowest BCUT2D eigenvalue weighted by molar-refractivity contribution is -0.137. The minimum Gasteiger partial charge on any atom is -0.243 e. The molecule has 3 nitrogen and oxygen atoms in total. The third-order valence-corrected chi connectivity index (χ3v) is 2.97. The van der Waals surface area contributed by atoms with Crippen LogP contribution in [0.5, 0.6) is 0 Å². The predicted octanol–water partition coefficient (Wildman–Crippen LogP) is 3.27. The van der Waals surface area contributed by atoms with Gasteiger partial charge in [0.2, 0.25) is 0 Å². The monoisotopic (exact) mass is 265 g/mol. The molecule has 2 aromatic heterocycles. The van der Waals surface area contributed by atoms with Crippen molar-refractivity contribution < 1.29 is 13.2 Å². The first kappa shape index (κ1) is 11.3. The molecule has 0 saturated heterocycles. The molecule has 0 radical (unpaired) electrons. The van der Waals surface area contributed by atoms with Crippen LogP contribution in [0.25, 0.3) is 10.6 Å². The smallest absolute Gasteiger partial charge is 0.243 e. The predicted molar refractivity (Wildman–Crippen MR) is 53.2 cm³/mol. The topological polar surface area (TPSA) is 38.7 Å². The lowest BCUT2D eigenvalue weighted by Gasteiger charge is -1.99. The lowest BCUT2D eigenvalue weighted by atomic mass is 10.4. The van der Waals surface area contributed by atoms with Crippen LogP contribution in [0.15, 0.2) is 18.7 Å². The average Bonchev–Trinajstić information content (AvgIpc) is 2.66. The van der Waals surface area contributed by atoms with Crippen molar-refractivity contribution in [3.8, 4) is 10.6 Å². The molecular weight excluding hydrogens is 263 g/mol. The van der Waals surface area contributed by atoms with E-state index in [4.69, 9.17) is 11.6 Å². The van der Waals surface area contributed by atoms with Crippen molar-refractivity contribution in [1.82, 2.24) is 15.0 Å². The summed E-state index contributed by atoms with van der Waals surface area (Å²) >= 11 is 6.25. The van der Waals surface area contributed by atoms with E-state index in [2.05, 4.69) is 15.0 Å². The van der Waals surface area contributed by atoms with Gasteiger partial charge in [-0.2, -0.15) is 13.2 Å². The van der Waals surface area contributed by atoms with Crippen molar-refractivity contribution in [2.24, 2.45) is 0 Å². The zero-order valence-electron chi connectivity index (χ0n) is 7.49. The van der Waals surface area contributed by atoms with Crippen LogP contribution < -0.4 is 0 Å². The van der Waals surface area contributed by atoms with E-state index in [1.54, 1.807) is 0 Å². The van der Waals surface area contributed by atoms with Crippen LogP contribution in [0.4, 0.5) is 13.2 Å². The quantitative estimate of drug-likeness (QED) is 0.794. The standard InChI is InChI=1S/C8H3ClF3N3S/c9-4-1-13-3-15-6(4)5-2-14-7(16-5)8(10,11)12/h1-3H. The van der Waals surface area contributed by atoms with Crippen molar-refractivity contribution >= 4 is 22.9 Å². The second-order valence-electron chi connectivity index (χ2n) is 2.75. The van der Waals surface area contributed by atoms with Gasteiger partial charge in [0, 0.05) is 12.4 Å². The highest BCUT2D eigenvalue weighted by molar-refractivity contribution is 7.15. The van der Waals surface area contributed by atoms with Gasteiger partial charge in [-0.15, -0.1) is 11.3 Å². The fourth-order valence-corrected chi connectivity index (χ4v) is 2.07. The Morgan fingerprint density at radius 1 is 1.19 bits per heavy atom. The summed E-state index contributed by atoms with van der Waals surface area (Å²) in [5.74, 6) is 0. The molecule has 2 rings (SSSR count). The number of alkyl halides is 3. The summed E-state index contributed by atoms with van der Waals surface area (Å²) in [6.07, 6.45) is -0.810. The van der Waals surface area contributed by atoms with Crippen molar-refractivity contribution in [2.45, 2.75) is 6.18 Å². The van der Waals surface area contributed by atoms with E-state index in [0.29, 0.717) is 11.3 Å². The molecule has 0 aliphatic heterocycles. The molecule has 0 saturated carbocycles. The van der Waals surface area contributed by atoms with Crippen LogP contribution in [0, 0.1) is 0 Å². The van der Waals surface area contributed by atoms with Gasteiger partial charge < -0.3 is 0 Å². The van der Waals surface area contributed by atoms with Gasteiger partial charge in [0.05, 0.1) is 9.90 Å². The minimum atomic E-state index is -4.44.